The Morgan fingerprint density at radius 2 is 1.92 bits per heavy atom. The van der Waals surface area contributed by atoms with Crippen LogP contribution in [0.15, 0.2) is 22.5 Å². The van der Waals surface area contributed by atoms with Crippen molar-refractivity contribution in [3.63, 3.8) is 0 Å². The van der Waals surface area contributed by atoms with Crippen LogP contribution in [0.2, 0.25) is 0 Å². The highest BCUT2D eigenvalue weighted by molar-refractivity contribution is 5.71. The third kappa shape index (κ3) is 1.22. The van der Waals surface area contributed by atoms with E-state index >= 15 is 0 Å². The van der Waals surface area contributed by atoms with Crippen LogP contribution < -0.4 is 5.73 Å². The predicted octanol–water partition coefficient (Wildman–Crippen LogP) is 1.77. The van der Waals surface area contributed by atoms with Crippen molar-refractivity contribution in [1.29, 1.82) is 0 Å². The Morgan fingerprint density at radius 3 is 2.42 bits per heavy atom. The van der Waals surface area contributed by atoms with Crippen molar-refractivity contribution >= 4 is 17.1 Å². The van der Waals surface area contributed by atoms with Crippen LogP contribution in [0.4, 0.5) is 17.1 Å². The van der Waals surface area contributed by atoms with E-state index in [0.29, 0.717) is 0 Å². The zero-order valence-electron chi connectivity index (χ0n) is 5.89. The van der Waals surface area contributed by atoms with Gasteiger partial charge in [0.1, 0.15) is 5.69 Å². The summed E-state index contributed by atoms with van der Waals surface area (Å²) in [6, 6.07) is 2.20. The topological polar surface area (TPSA) is 105 Å². The highest BCUT2D eigenvalue weighted by Crippen LogP contribution is 2.36. The molecule has 0 bridgehead atoms. The number of phenolic OH excluding ortho intramolecular Hbond substituents is 1. The number of phenols is 1. The number of aromatic hydroxyl groups is 1. The second kappa shape index (κ2) is 2.95. The Hall–Kier alpha value is -1.98. The lowest BCUT2D eigenvalue weighted by atomic mass is 10.2. The summed E-state index contributed by atoms with van der Waals surface area (Å²) in [5, 5.41) is 14.1. The van der Waals surface area contributed by atoms with Gasteiger partial charge in [-0.2, -0.15) is 0 Å². The number of nitroso groups, excluding NO2 is 2. The van der Waals surface area contributed by atoms with E-state index in [2.05, 4.69) is 10.4 Å². The first-order valence-electron chi connectivity index (χ1n) is 2.98. The van der Waals surface area contributed by atoms with Gasteiger partial charge in [0, 0.05) is 6.07 Å². The Kier molecular flexibility index (Phi) is 2.00. The molecule has 1 aromatic carbocycles. The molecule has 0 spiro atoms. The van der Waals surface area contributed by atoms with E-state index in [1.165, 1.54) is 0 Å². The number of nitrogens with two attached hydrogens (primary N) is 1. The molecule has 0 saturated heterocycles. The molecular formula is C6H5N3O3. The first-order chi connectivity index (χ1) is 5.69. The minimum Gasteiger partial charge on any atom is -0.504 e. The molecule has 0 saturated carbocycles. The maximum atomic E-state index is 10.0. The highest BCUT2D eigenvalue weighted by Gasteiger charge is 2.07. The summed E-state index contributed by atoms with van der Waals surface area (Å²) in [6.45, 7) is 0. The second-order valence-electron chi connectivity index (χ2n) is 2.09. The molecule has 6 nitrogen and oxygen atoms in total. The standard InChI is InChI=1S/C6H5N3O3/c7-4-1-3(8-11)2-5(9-12)6(4)10/h1-2,10H,7H2. The van der Waals surface area contributed by atoms with Crippen LogP contribution in [0.1, 0.15) is 0 Å². The molecule has 0 fully saturated rings. The van der Waals surface area contributed by atoms with Gasteiger partial charge in [-0.15, -0.1) is 9.81 Å². The third-order valence-electron chi connectivity index (χ3n) is 1.31. The maximum Gasteiger partial charge on any atom is 0.168 e. The summed E-state index contributed by atoms with van der Waals surface area (Å²) in [6.07, 6.45) is 0. The Bertz CT molecular complexity index is 337. The fourth-order valence-corrected chi connectivity index (χ4v) is 0.748. The lowest BCUT2D eigenvalue weighted by Crippen LogP contribution is -1.84. The van der Waals surface area contributed by atoms with Crippen LogP contribution >= 0.6 is 0 Å². The minimum absolute atomic E-state index is 0.0418. The molecule has 0 atom stereocenters. The van der Waals surface area contributed by atoms with Crippen LogP contribution in [-0.2, 0) is 0 Å². The van der Waals surface area contributed by atoms with Crippen molar-refractivity contribution in [2.75, 3.05) is 5.73 Å². The van der Waals surface area contributed by atoms with Gasteiger partial charge in [-0.1, -0.05) is 0 Å². The van der Waals surface area contributed by atoms with Crippen molar-refractivity contribution in [3.8, 4) is 5.75 Å². The van der Waals surface area contributed by atoms with E-state index in [-0.39, 0.29) is 17.1 Å². The van der Waals surface area contributed by atoms with Crippen molar-refractivity contribution in [2.45, 2.75) is 0 Å². The minimum atomic E-state index is -0.433. The lowest BCUT2D eigenvalue weighted by molar-refractivity contribution is 0.479. The van der Waals surface area contributed by atoms with Crippen LogP contribution in [0.3, 0.4) is 0 Å². The van der Waals surface area contributed by atoms with Crippen LogP contribution in [-0.4, -0.2) is 5.11 Å². The van der Waals surface area contributed by atoms with Gasteiger partial charge in [0.05, 0.1) is 5.69 Å². The molecule has 0 heterocycles. The van der Waals surface area contributed by atoms with Crippen LogP contribution in [0, 0.1) is 9.81 Å². The molecule has 1 rings (SSSR count). The van der Waals surface area contributed by atoms with Gasteiger partial charge in [0.25, 0.3) is 0 Å². The third-order valence-corrected chi connectivity index (χ3v) is 1.31. The number of hydrogen-bond acceptors (Lipinski definition) is 6. The van der Waals surface area contributed by atoms with Gasteiger partial charge in [0.15, 0.2) is 11.4 Å². The molecule has 0 amide bonds. The molecule has 0 aliphatic rings. The van der Waals surface area contributed by atoms with Crippen molar-refractivity contribution in [1.82, 2.24) is 0 Å². The normalized spacial score (nSPS) is 9.33. The monoisotopic (exact) mass is 167 g/mol. The van der Waals surface area contributed by atoms with Gasteiger partial charge in [-0.25, -0.2) is 0 Å². The molecule has 3 N–H and O–H groups in total. The fourth-order valence-electron chi connectivity index (χ4n) is 0.748. The van der Waals surface area contributed by atoms with Crippen LogP contribution in [0.5, 0.6) is 5.75 Å². The number of anilines is 1. The lowest BCUT2D eigenvalue weighted by Gasteiger charge is -1.99. The molecule has 62 valence electrons. The first-order valence-corrected chi connectivity index (χ1v) is 2.98. The summed E-state index contributed by atoms with van der Waals surface area (Å²) in [5.41, 5.74) is 4.80. The molecule has 6 heteroatoms. The fraction of sp³-hybridized carbons (Fsp3) is 0. The molecule has 0 aliphatic carbocycles. The predicted molar refractivity (Wildman–Crippen MR) is 43.4 cm³/mol. The first kappa shape index (κ1) is 8.12. The summed E-state index contributed by atoms with van der Waals surface area (Å²) < 4.78 is 0. The van der Waals surface area contributed by atoms with Gasteiger partial charge < -0.3 is 10.8 Å². The van der Waals surface area contributed by atoms with E-state index < -0.39 is 5.75 Å². The van der Waals surface area contributed by atoms with E-state index in [1.807, 2.05) is 0 Å². The molecule has 0 aliphatic heterocycles. The summed E-state index contributed by atoms with van der Waals surface area (Å²) >= 11 is 0. The van der Waals surface area contributed by atoms with Gasteiger partial charge in [0.2, 0.25) is 0 Å². The highest BCUT2D eigenvalue weighted by atomic mass is 16.3. The van der Waals surface area contributed by atoms with Gasteiger partial charge in [-0.05, 0) is 16.4 Å². The van der Waals surface area contributed by atoms with E-state index in [1.54, 1.807) is 0 Å². The van der Waals surface area contributed by atoms with Gasteiger partial charge in [-0.3, -0.25) is 0 Å². The molecule has 0 aromatic heterocycles. The Balaban J connectivity index is 3.37. The number of nitrogen functional groups attached to an aromatic ring is 1. The number of benzene rings is 1. The smallest absolute Gasteiger partial charge is 0.168 e. The average Bonchev–Trinajstić information content (AvgIpc) is 2.09. The second-order valence-corrected chi connectivity index (χ2v) is 2.09. The zero-order valence-corrected chi connectivity index (χ0v) is 5.89. The molecule has 0 radical (unpaired) electrons. The Morgan fingerprint density at radius 1 is 1.25 bits per heavy atom. The average molecular weight is 167 g/mol. The van der Waals surface area contributed by atoms with E-state index in [4.69, 9.17) is 10.8 Å². The van der Waals surface area contributed by atoms with Crippen LogP contribution in [0.25, 0.3) is 0 Å². The molecule has 1 aromatic rings. The van der Waals surface area contributed by atoms with Crippen molar-refractivity contribution in [2.24, 2.45) is 10.4 Å². The zero-order chi connectivity index (χ0) is 9.14. The maximum absolute atomic E-state index is 10.0. The van der Waals surface area contributed by atoms with E-state index in [0.717, 1.165) is 12.1 Å². The summed E-state index contributed by atoms with van der Waals surface area (Å²) in [4.78, 5) is 20.0. The van der Waals surface area contributed by atoms with Gasteiger partial charge >= 0.3 is 0 Å². The summed E-state index contributed by atoms with van der Waals surface area (Å²) in [7, 11) is 0. The molecule has 12 heavy (non-hydrogen) atoms. The number of nitrogens with zero attached hydrogens (tertiary/aromatic N) is 2. The number of hydrogen-bond donors (Lipinski definition) is 2. The SMILES string of the molecule is Nc1cc(N=O)cc(N=O)c1O. The van der Waals surface area contributed by atoms with Crippen molar-refractivity contribution in [3.05, 3.63) is 21.9 Å². The summed E-state index contributed by atoms with van der Waals surface area (Å²) in [5.74, 6) is -0.433. The molecule has 0 unspecified atom stereocenters. The largest absolute Gasteiger partial charge is 0.504 e. The number of rotatable bonds is 2. The quantitative estimate of drug-likeness (QED) is 0.397. The van der Waals surface area contributed by atoms with Crippen molar-refractivity contribution < 1.29 is 5.11 Å². The Labute approximate surface area is 67.0 Å². The van der Waals surface area contributed by atoms with E-state index in [9.17, 15) is 9.81 Å². The molecular weight excluding hydrogens is 162 g/mol.